The first-order valence-electron chi connectivity index (χ1n) is 3.92. The Morgan fingerprint density at radius 1 is 1.22 bits per heavy atom. The lowest BCUT2D eigenvalue weighted by atomic mass is 9.85. The minimum Gasteiger partial charge on any atom is -0.0651 e. The highest BCUT2D eigenvalue weighted by Crippen LogP contribution is 2.24. The van der Waals surface area contributed by atoms with Gasteiger partial charge in [-0.3, -0.25) is 0 Å². The summed E-state index contributed by atoms with van der Waals surface area (Å²) in [5.74, 6) is 3.21. The fourth-order valence-electron chi connectivity index (χ4n) is 0.891. The molecule has 0 saturated heterocycles. The minimum absolute atomic E-state index is 0.764. The van der Waals surface area contributed by atoms with E-state index in [9.17, 15) is 0 Å². The summed E-state index contributed by atoms with van der Waals surface area (Å²) in [5.41, 5.74) is 0. The standard InChI is InChI=1S/C9H19/c1-6-8(4)9(5)7(2)3/h7-8H,6H2,1-5H3. The molecule has 1 atom stereocenters. The summed E-state index contributed by atoms with van der Waals surface area (Å²) in [5, 5.41) is 0. The lowest BCUT2D eigenvalue weighted by Gasteiger charge is -2.20. The van der Waals surface area contributed by atoms with Gasteiger partial charge in [-0.2, -0.15) is 0 Å². The van der Waals surface area contributed by atoms with E-state index in [1.165, 1.54) is 6.42 Å². The van der Waals surface area contributed by atoms with Crippen LogP contribution in [0.3, 0.4) is 0 Å². The molecule has 0 nitrogen and oxygen atoms in total. The van der Waals surface area contributed by atoms with Crippen molar-refractivity contribution in [1.29, 1.82) is 0 Å². The molecule has 0 aliphatic rings. The molecule has 0 amide bonds. The first-order chi connectivity index (χ1) is 4.09. The van der Waals surface area contributed by atoms with Crippen molar-refractivity contribution in [1.82, 2.24) is 0 Å². The van der Waals surface area contributed by atoms with E-state index in [2.05, 4.69) is 34.6 Å². The Morgan fingerprint density at radius 3 is 1.78 bits per heavy atom. The van der Waals surface area contributed by atoms with Gasteiger partial charge >= 0.3 is 0 Å². The Morgan fingerprint density at radius 2 is 1.67 bits per heavy atom. The molecule has 1 unspecified atom stereocenters. The van der Waals surface area contributed by atoms with Crippen LogP contribution in [0.1, 0.15) is 41.0 Å². The molecule has 0 heterocycles. The molecule has 0 aromatic heterocycles. The third-order valence-electron chi connectivity index (χ3n) is 2.30. The monoisotopic (exact) mass is 127 g/mol. The van der Waals surface area contributed by atoms with Crippen molar-refractivity contribution in [3.63, 3.8) is 0 Å². The summed E-state index contributed by atoms with van der Waals surface area (Å²) in [6.45, 7) is 11.3. The van der Waals surface area contributed by atoms with Crippen LogP contribution in [0, 0.1) is 17.8 Å². The van der Waals surface area contributed by atoms with Gasteiger partial charge in [0, 0.05) is 0 Å². The van der Waals surface area contributed by atoms with Crippen LogP contribution in [0.4, 0.5) is 0 Å². The second kappa shape index (κ2) is 3.92. The quantitative estimate of drug-likeness (QED) is 0.545. The molecule has 9 heavy (non-hydrogen) atoms. The Balaban J connectivity index is 3.58. The van der Waals surface area contributed by atoms with E-state index in [0.29, 0.717) is 0 Å². The predicted octanol–water partition coefficient (Wildman–Crippen LogP) is 3.28. The third kappa shape index (κ3) is 2.88. The maximum atomic E-state index is 2.30. The Hall–Kier alpha value is 0. The molecule has 0 heteroatoms. The molecule has 0 rings (SSSR count). The number of rotatable bonds is 3. The fourth-order valence-corrected chi connectivity index (χ4v) is 0.891. The average Bonchev–Trinajstić information content (AvgIpc) is 1.84. The second-order valence-electron chi connectivity index (χ2n) is 3.21. The Labute approximate surface area is 59.7 Å². The fraction of sp³-hybridized carbons (Fsp3) is 0.889. The zero-order valence-corrected chi connectivity index (χ0v) is 7.36. The van der Waals surface area contributed by atoms with Gasteiger partial charge < -0.3 is 0 Å². The summed E-state index contributed by atoms with van der Waals surface area (Å²) in [4.78, 5) is 0. The Kier molecular flexibility index (Phi) is 3.92. The van der Waals surface area contributed by atoms with Crippen LogP contribution in [-0.2, 0) is 0 Å². The van der Waals surface area contributed by atoms with Crippen LogP contribution in [0.15, 0.2) is 0 Å². The first kappa shape index (κ1) is 9.00. The largest absolute Gasteiger partial charge is 0.0651 e. The van der Waals surface area contributed by atoms with Crippen LogP contribution in [0.5, 0.6) is 0 Å². The van der Waals surface area contributed by atoms with E-state index in [1.54, 1.807) is 5.92 Å². The van der Waals surface area contributed by atoms with Gasteiger partial charge in [0.1, 0.15) is 0 Å². The summed E-state index contributed by atoms with van der Waals surface area (Å²) in [7, 11) is 0. The van der Waals surface area contributed by atoms with Crippen LogP contribution in [0.25, 0.3) is 0 Å². The maximum Gasteiger partial charge on any atom is -0.0218 e. The van der Waals surface area contributed by atoms with Gasteiger partial charge in [0.05, 0.1) is 0 Å². The minimum atomic E-state index is 0.764. The molecule has 0 fully saturated rings. The van der Waals surface area contributed by atoms with Gasteiger partial charge in [-0.1, -0.05) is 41.0 Å². The van der Waals surface area contributed by atoms with E-state index < -0.39 is 0 Å². The highest BCUT2D eigenvalue weighted by atomic mass is 14.2. The average molecular weight is 127 g/mol. The molecular formula is C9H19. The smallest absolute Gasteiger partial charge is 0.0218 e. The van der Waals surface area contributed by atoms with Crippen LogP contribution >= 0.6 is 0 Å². The summed E-state index contributed by atoms with van der Waals surface area (Å²) < 4.78 is 0. The van der Waals surface area contributed by atoms with Gasteiger partial charge in [-0.15, -0.1) is 0 Å². The molecule has 0 aliphatic carbocycles. The van der Waals surface area contributed by atoms with E-state index in [-0.39, 0.29) is 0 Å². The molecule has 1 radical (unpaired) electrons. The van der Waals surface area contributed by atoms with Crippen LogP contribution in [0.2, 0.25) is 0 Å². The molecule has 0 N–H and O–H groups in total. The zero-order valence-electron chi connectivity index (χ0n) is 7.36. The SMILES string of the molecule is CCC(C)[C](C)C(C)C. The topological polar surface area (TPSA) is 0 Å². The van der Waals surface area contributed by atoms with Crippen molar-refractivity contribution >= 4 is 0 Å². The van der Waals surface area contributed by atoms with Crippen molar-refractivity contribution < 1.29 is 0 Å². The summed E-state index contributed by atoms with van der Waals surface area (Å²) >= 11 is 0. The molecule has 0 aliphatic heterocycles. The van der Waals surface area contributed by atoms with Crippen molar-refractivity contribution in [3.05, 3.63) is 5.92 Å². The molecule has 0 aromatic carbocycles. The molecule has 55 valence electrons. The van der Waals surface area contributed by atoms with Gasteiger partial charge in [0.2, 0.25) is 0 Å². The van der Waals surface area contributed by atoms with Crippen LogP contribution < -0.4 is 0 Å². The maximum absolute atomic E-state index is 2.30. The van der Waals surface area contributed by atoms with Crippen molar-refractivity contribution in [3.8, 4) is 0 Å². The highest BCUT2D eigenvalue weighted by Gasteiger charge is 2.13. The van der Waals surface area contributed by atoms with E-state index in [0.717, 1.165) is 11.8 Å². The van der Waals surface area contributed by atoms with Crippen LogP contribution in [-0.4, -0.2) is 0 Å². The molecule has 0 aromatic rings. The molecule has 0 bridgehead atoms. The lowest BCUT2D eigenvalue weighted by Crippen LogP contribution is -2.10. The molecule has 0 saturated carbocycles. The van der Waals surface area contributed by atoms with Gasteiger partial charge in [0.15, 0.2) is 0 Å². The van der Waals surface area contributed by atoms with Gasteiger partial charge in [-0.25, -0.2) is 0 Å². The zero-order chi connectivity index (χ0) is 7.44. The van der Waals surface area contributed by atoms with Gasteiger partial charge in [0.25, 0.3) is 0 Å². The van der Waals surface area contributed by atoms with E-state index >= 15 is 0 Å². The highest BCUT2D eigenvalue weighted by molar-refractivity contribution is 4.91. The third-order valence-corrected chi connectivity index (χ3v) is 2.30. The predicted molar refractivity (Wildman–Crippen MR) is 43.2 cm³/mol. The summed E-state index contributed by atoms with van der Waals surface area (Å²) in [6.07, 6.45) is 1.28. The molecule has 0 spiro atoms. The van der Waals surface area contributed by atoms with Crippen molar-refractivity contribution in [2.24, 2.45) is 11.8 Å². The first-order valence-corrected chi connectivity index (χ1v) is 3.92. The lowest BCUT2D eigenvalue weighted by molar-refractivity contribution is 0.479. The van der Waals surface area contributed by atoms with Crippen molar-refractivity contribution in [2.45, 2.75) is 41.0 Å². The summed E-state index contributed by atoms with van der Waals surface area (Å²) in [6, 6.07) is 0. The Bertz CT molecular complexity index is 64.4. The van der Waals surface area contributed by atoms with E-state index in [1.807, 2.05) is 0 Å². The van der Waals surface area contributed by atoms with Crippen molar-refractivity contribution in [2.75, 3.05) is 0 Å². The molecular weight excluding hydrogens is 108 g/mol. The normalized spacial score (nSPS) is 15.0. The second-order valence-corrected chi connectivity index (χ2v) is 3.21. The number of hydrogen-bond donors (Lipinski definition) is 0. The van der Waals surface area contributed by atoms with Gasteiger partial charge in [-0.05, 0) is 17.8 Å². The number of hydrogen-bond acceptors (Lipinski definition) is 0. The van der Waals surface area contributed by atoms with E-state index in [4.69, 9.17) is 0 Å².